The summed E-state index contributed by atoms with van der Waals surface area (Å²) in [5.74, 6) is -1.26. The van der Waals surface area contributed by atoms with Gasteiger partial charge in [0.05, 0.1) is 0 Å². The van der Waals surface area contributed by atoms with E-state index < -0.39 is 12.0 Å². The van der Waals surface area contributed by atoms with Gasteiger partial charge in [-0.15, -0.1) is 0 Å². The number of benzene rings is 1. The molecule has 0 aromatic heterocycles. The fourth-order valence-electron chi connectivity index (χ4n) is 3.50. The molecule has 0 spiro atoms. The predicted octanol–water partition coefficient (Wildman–Crippen LogP) is 3.14. The Labute approximate surface area is 154 Å². The van der Waals surface area contributed by atoms with Crippen molar-refractivity contribution in [1.82, 2.24) is 5.32 Å². The van der Waals surface area contributed by atoms with Crippen molar-refractivity contribution in [2.24, 2.45) is 11.8 Å². The lowest BCUT2D eigenvalue weighted by Crippen LogP contribution is -2.43. The summed E-state index contributed by atoms with van der Waals surface area (Å²) >= 11 is 0. The number of hydrogen-bond acceptors (Lipinski definition) is 3. The lowest BCUT2D eigenvalue weighted by atomic mass is 9.89. The molecule has 5 nitrogen and oxygen atoms in total. The van der Waals surface area contributed by atoms with Gasteiger partial charge in [0.1, 0.15) is 11.8 Å². The molecule has 1 fully saturated rings. The third-order valence-corrected chi connectivity index (χ3v) is 4.90. The molecule has 0 unspecified atom stereocenters. The second-order valence-electron chi connectivity index (χ2n) is 6.84. The number of Topliss-reactive ketones (excluding diaryl/α,β-unsaturated/α-hetero) is 1. The van der Waals surface area contributed by atoms with Crippen LogP contribution in [0.1, 0.15) is 44.6 Å². The van der Waals surface area contributed by atoms with E-state index >= 15 is 0 Å². The van der Waals surface area contributed by atoms with Crippen LogP contribution in [0.2, 0.25) is 0 Å². The number of ketones is 1. The number of allylic oxidation sites excluding steroid dienone is 2. The maximum Gasteiger partial charge on any atom is 0.326 e. The van der Waals surface area contributed by atoms with E-state index in [1.54, 1.807) is 0 Å². The monoisotopic (exact) mass is 357 g/mol. The van der Waals surface area contributed by atoms with Crippen molar-refractivity contribution in [3.8, 4) is 0 Å². The van der Waals surface area contributed by atoms with E-state index in [2.05, 4.69) is 5.32 Å². The molecule has 1 amide bonds. The molecule has 0 aliphatic heterocycles. The molecule has 140 valence electrons. The number of amides is 1. The first-order chi connectivity index (χ1) is 12.5. The van der Waals surface area contributed by atoms with Crippen LogP contribution in [0.5, 0.6) is 0 Å². The molecule has 1 saturated carbocycles. The first-order valence-corrected chi connectivity index (χ1v) is 9.25. The summed E-state index contributed by atoms with van der Waals surface area (Å²) in [4.78, 5) is 35.9. The summed E-state index contributed by atoms with van der Waals surface area (Å²) < 4.78 is 0. The minimum atomic E-state index is -1.05. The Kier molecular flexibility index (Phi) is 7.57. The van der Waals surface area contributed by atoms with Crippen molar-refractivity contribution in [2.45, 2.75) is 51.5 Å². The second kappa shape index (κ2) is 9.90. The lowest BCUT2D eigenvalue weighted by Gasteiger charge is -2.19. The Hall–Kier alpha value is -2.43. The zero-order chi connectivity index (χ0) is 18.9. The molecular weight excluding hydrogens is 330 g/mol. The van der Waals surface area contributed by atoms with Crippen LogP contribution in [0.15, 0.2) is 42.5 Å². The van der Waals surface area contributed by atoms with Crippen LogP contribution in [0.4, 0.5) is 0 Å². The smallest absolute Gasteiger partial charge is 0.326 e. The van der Waals surface area contributed by atoms with E-state index in [4.69, 9.17) is 0 Å². The highest BCUT2D eigenvalue weighted by molar-refractivity contribution is 5.87. The minimum Gasteiger partial charge on any atom is -0.480 e. The average Bonchev–Trinajstić information content (AvgIpc) is 2.95. The van der Waals surface area contributed by atoms with Gasteiger partial charge in [0.15, 0.2) is 0 Å². The van der Waals surface area contributed by atoms with Crippen molar-refractivity contribution in [3.63, 3.8) is 0 Å². The largest absolute Gasteiger partial charge is 0.480 e. The van der Waals surface area contributed by atoms with Crippen LogP contribution in [-0.4, -0.2) is 28.8 Å². The van der Waals surface area contributed by atoms with E-state index in [-0.39, 0.29) is 36.4 Å². The SMILES string of the molecule is CC/C=C/C[C@H]1C(=O)CC[C@@H]1CC(=O)N[C@@H](Cc1ccccc1)C(=O)O. The Morgan fingerprint density at radius 1 is 1.27 bits per heavy atom. The maximum atomic E-state index is 12.4. The second-order valence-corrected chi connectivity index (χ2v) is 6.84. The Balaban J connectivity index is 1.93. The fourth-order valence-corrected chi connectivity index (χ4v) is 3.50. The lowest BCUT2D eigenvalue weighted by molar-refractivity contribution is -0.142. The van der Waals surface area contributed by atoms with E-state index in [0.29, 0.717) is 19.3 Å². The van der Waals surface area contributed by atoms with Gasteiger partial charge in [-0.1, -0.05) is 49.4 Å². The number of carbonyl (C=O) groups excluding carboxylic acids is 2. The molecule has 0 heterocycles. The highest BCUT2D eigenvalue weighted by atomic mass is 16.4. The van der Waals surface area contributed by atoms with Gasteiger partial charge in [0.2, 0.25) is 5.91 Å². The van der Waals surface area contributed by atoms with Crippen LogP contribution < -0.4 is 5.32 Å². The van der Waals surface area contributed by atoms with Crippen molar-refractivity contribution in [2.75, 3.05) is 0 Å². The van der Waals surface area contributed by atoms with E-state index in [1.165, 1.54) is 0 Å². The fraction of sp³-hybridized carbons (Fsp3) is 0.476. The van der Waals surface area contributed by atoms with E-state index in [0.717, 1.165) is 12.0 Å². The standard InChI is InChI=1S/C21H27NO4/c1-2-3-5-10-17-16(11-12-19(17)23)14-20(24)22-18(21(25)26)13-15-8-6-4-7-9-15/h3-9,16-18H,2,10-14H2,1H3,(H,22,24)(H,25,26)/b5-3+/t16-,17-,18+/m1/s1. The molecule has 1 aromatic carbocycles. The third kappa shape index (κ3) is 5.83. The van der Waals surface area contributed by atoms with Crippen molar-refractivity contribution < 1.29 is 19.5 Å². The van der Waals surface area contributed by atoms with Gasteiger partial charge in [-0.05, 0) is 30.7 Å². The van der Waals surface area contributed by atoms with Crippen molar-refractivity contribution in [1.29, 1.82) is 0 Å². The number of aliphatic carboxylic acids is 1. The minimum absolute atomic E-state index is 0.00447. The highest BCUT2D eigenvalue weighted by Gasteiger charge is 2.35. The van der Waals surface area contributed by atoms with Gasteiger partial charge in [-0.3, -0.25) is 9.59 Å². The molecule has 5 heteroatoms. The molecule has 26 heavy (non-hydrogen) atoms. The summed E-state index contributed by atoms with van der Waals surface area (Å²) in [6.07, 6.45) is 7.28. The van der Waals surface area contributed by atoms with Crippen LogP contribution >= 0.6 is 0 Å². The normalized spacial score (nSPS) is 21.0. The van der Waals surface area contributed by atoms with Crippen LogP contribution in [0.25, 0.3) is 0 Å². The number of hydrogen-bond donors (Lipinski definition) is 2. The molecule has 1 aliphatic rings. The summed E-state index contributed by atoms with van der Waals surface area (Å²) in [6.45, 7) is 2.04. The van der Waals surface area contributed by atoms with Gasteiger partial charge in [0, 0.05) is 25.2 Å². The number of nitrogens with one attached hydrogen (secondary N) is 1. The van der Waals surface area contributed by atoms with Gasteiger partial charge < -0.3 is 10.4 Å². The molecule has 2 N–H and O–H groups in total. The quantitative estimate of drug-likeness (QED) is 0.665. The third-order valence-electron chi connectivity index (χ3n) is 4.90. The summed E-state index contributed by atoms with van der Waals surface area (Å²) in [7, 11) is 0. The zero-order valence-corrected chi connectivity index (χ0v) is 15.2. The zero-order valence-electron chi connectivity index (χ0n) is 15.2. The van der Waals surface area contributed by atoms with Gasteiger partial charge in [-0.2, -0.15) is 0 Å². The van der Waals surface area contributed by atoms with Gasteiger partial charge >= 0.3 is 5.97 Å². The van der Waals surface area contributed by atoms with Gasteiger partial charge in [0.25, 0.3) is 0 Å². The summed E-state index contributed by atoms with van der Waals surface area (Å²) in [5.41, 5.74) is 0.860. The molecule has 0 saturated heterocycles. The molecule has 0 bridgehead atoms. The molecule has 0 radical (unpaired) electrons. The van der Waals surface area contributed by atoms with Crippen LogP contribution in [-0.2, 0) is 20.8 Å². The van der Waals surface area contributed by atoms with E-state index in [9.17, 15) is 19.5 Å². The van der Waals surface area contributed by atoms with Crippen LogP contribution in [0, 0.1) is 11.8 Å². The van der Waals surface area contributed by atoms with Crippen LogP contribution in [0.3, 0.4) is 0 Å². The maximum absolute atomic E-state index is 12.4. The Morgan fingerprint density at radius 2 is 2.00 bits per heavy atom. The average molecular weight is 357 g/mol. The molecule has 1 aromatic rings. The molecular formula is C21H27NO4. The Bertz CT molecular complexity index is 653. The van der Waals surface area contributed by atoms with E-state index in [1.807, 2.05) is 49.4 Å². The molecule has 2 rings (SSSR count). The highest BCUT2D eigenvalue weighted by Crippen LogP contribution is 2.34. The number of carboxylic acids is 1. The summed E-state index contributed by atoms with van der Waals surface area (Å²) in [5, 5.41) is 12.0. The Morgan fingerprint density at radius 3 is 2.65 bits per heavy atom. The van der Waals surface area contributed by atoms with Crippen molar-refractivity contribution >= 4 is 17.7 Å². The van der Waals surface area contributed by atoms with Crippen molar-refractivity contribution in [3.05, 3.63) is 48.0 Å². The first-order valence-electron chi connectivity index (χ1n) is 9.25. The molecule has 3 atom stereocenters. The topological polar surface area (TPSA) is 83.5 Å². The predicted molar refractivity (Wildman–Crippen MR) is 99.6 cm³/mol. The van der Waals surface area contributed by atoms with Gasteiger partial charge in [-0.25, -0.2) is 4.79 Å². The number of rotatable bonds is 9. The summed E-state index contributed by atoms with van der Waals surface area (Å²) in [6, 6.07) is 8.27. The number of carbonyl (C=O) groups is 3. The molecule has 1 aliphatic carbocycles. The number of carboxylic acid groups (broad SMARTS) is 1. The first kappa shape index (κ1) is 19.9.